The number of rotatable bonds is 2. The second-order valence-electron chi connectivity index (χ2n) is 7.12. The monoisotopic (exact) mass is 372 g/mol. The second kappa shape index (κ2) is 7.16. The maximum Gasteiger partial charge on any atom is 0.298 e. The molecule has 1 atom stereocenters. The van der Waals surface area contributed by atoms with Crippen molar-refractivity contribution in [2.75, 3.05) is 31.1 Å². The number of halogens is 1. The molecule has 1 amide bonds. The van der Waals surface area contributed by atoms with Crippen molar-refractivity contribution in [1.82, 2.24) is 9.88 Å². The van der Waals surface area contributed by atoms with Crippen molar-refractivity contribution in [2.45, 2.75) is 25.7 Å². The highest BCUT2D eigenvalue weighted by atomic mass is 35.5. The quantitative estimate of drug-likeness (QED) is 0.807. The molecule has 0 saturated carbocycles. The van der Waals surface area contributed by atoms with Gasteiger partial charge in [-0.25, -0.2) is 0 Å². The topological polar surface area (TPSA) is 73.4 Å². The number of likely N-dealkylation sites (tertiary alicyclic amines) is 1. The van der Waals surface area contributed by atoms with Crippen LogP contribution in [0.15, 0.2) is 22.6 Å². The molecule has 136 valence electrons. The lowest BCUT2D eigenvalue weighted by molar-refractivity contribution is -0.137. The van der Waals surface area contributed by atoms with Crippen LogP contribution in [0.3, 0.4) is 0 Å². The summed E-state index contributed by atoms with van der Waals surface area (Å²) in [6.07, 6.45) is 3.40. The first-order valence-corrected chi connectivity index (χ1v) is 9.51. The number of aromatic nitrogens is 1. The Balaban J connectivity index is 1.38. The summed E-state index contributed by atoms with van der Waals surface area (Å²) in [4.78, 5) is 21.3. The predicted molar refractivity (Wildman–Crippen MR) is 98.9 cm³/mol. The fourth-order valence-corrected chi connectivity index (χ4v) is 4.04. The minimum Gasteiger partial charge on any atom is -0.423 e. The summed E-state index contributed by atoms with van der Waals surface area (Å²) in [5.41, 5.74) is 1.47. The smallest absolute Gasteiger partial charge is 0.298 e. The van der Waals surface area contributed by atoms with E-state index < -0.39 is 0 Å². The highest BCUT2D eigenvalue weighted by Gasteiger charge is 2.32. The van der Waals surface area contributed by atoms with Gasteiger partial charge >= 0.3 is 0 Å². The van der Waals surface area contributed by atoms with Crippen LogP contribution in [-0.2, 0) is 4.79 Å². The lowest BCUT2D eigenvalue weighted by Gasteiger charge is -2.36. The molecule has 26 heavy (non-hydrogen) atoms. The summed E-state index contributed by atoms with van der Waals surface area (Å²) < 4.78 is 5.83. The molecular formula is C19H21ClN4O2. The Morgan fingerprint density at radius 1 is 1.27 bits per heavy atom. The van der Waals surface area contributed by atoms with Crippen molar-refractivity contribution in [1.29, 1.82) is 5.26 Å². The number of oxazole rings is 1. The Labute approximate surface area is 157 Å². The third kappa shape index (κ3) is 3.36. The van der Waals surface area contributed by atoms with Gasteiger partial charge in [0.1, 0.15) is 5.52 Å². The zero-order valence-corrected chi connectivity index (χ0v) is 15.3. The van der Waals surface area contributed by atoms with Gasteiger partial charge in [0.25, 0.3) is 6.01 Å². The number of nitrogens with zero attached hydrogens (tertiary/aromatic N) is 4. The first-order chi connectivity index (χ1) is 12.6. The molecule has 1 aromatic carbocycles. The average molecular weight is 373 g/mol. The molecule has 1 unspecified atom stereocenters. The van der Waals surface area contributed by atoms with E-state index in [1.165, 1.54) is 0 Å². The number of hydrogen-bond donors (Lipinski definition) is 0. The largest absolute Gasteiger partial charge is 0.423 e. The summed E-state index contributed by atoms with van der Waals surface area (Å²) in [5, 5.41) is 9.75. The van der Waals surface area contributed by atoms with Gasteiger partial charge in [0.05, 0.1) is 12.0 Å². The molecule has 0 aliphatic carbocycles. The zero-order valence-electron chi connectivity index (χ0n) is 14.5. The van der Waals surface area contributed by atoms with E-state index in [4.69, 9.17) is 21.3 Å². The van der Waals surface area contributed by atoms with Crippen molar-refractivity contribution in [2.24, 2.45) is 11.8 Å². The standard InChI is InChI=1S/C19H21ClN4O2/c20-15-3-4-16-17(10-15)26-19(22-16)23-8-5-14(6-9-23)18(25)24-7-1-2-13(11-21)12-24/h3-4,10,13-14H,1-2,5-9,12H2. The van der Waals surface area contributed by atoms with Crippen LogP contribution < -0.4 is 4.90 Å². The summed E-state index contributed by atoms with van der Waals surface area (Å²) in [5.74, 6) is 0.218. The number of amides is 1. The number of benzene rings is 1. The van der Waals surface area contributed by atoms with Crippen molar-refractivity contribution in [3.8, 4) is 6.07 Å². The molecule has 0 bridgehead atoms. The van der Waals surface area contributed by atoms with E-state index >= 15 is 0 Å². The molecule has 2 aliphatic rings. The van der Waals surface area contributed by atoms with Gasteiger partial charge in [-0.15, -0.1) is 0 Å². The van der Waals surface area contributed by atoms with E-state index in [1.54, 1.807) is 12.1 Å². The molecule has 0 radical (unpaired) electrons. The van der Waals surface area contributed by atoms with Gasteiger partial charge < -0.3 is 14.2 Å². The maximum atomic E-state index is 12.8. The molecule has 0 N–H and O–H groups in total. The van der Waals surface area contributed by atoms with E-state index in [2.05, 4.69) is 16.0 Å². The minimum atomic E-state index is -0.0145. The number of carbonyl (C=O) groups is 1. The number of hydrogen-bond acceptors (Lipinski definition) is 5. The molecule has 2 aliphatic heterocycles. The molecule has 7 heteroatoms. The van der Waals surface area contributed by atoms with Crippen LogP contribution in [0.1, 0.15) is 25.7 Å². The van der Waals surface area contributed by atoms with Crippen molar-refractivity contribution in [3.05, 3.63) is 23.2 Å². The first kappa shape index (κ1) is 17.2. The lowest BCUT2D eigenvalue weighted by Crippen LogP contribution is -2.46. The van der Waals surface area contributed by atoms with Crippen LogP contribution >= 0.6 is 11.6 Å². The minimum absolute atomic E-state index is 0.0145. The van der Waals surface area contributed by atoms with Gasteiger partial charge in [-0.2, -0.15) is 10.2 Å². The number of anilines is 1. The molecule has 3 heterocycles. The number of fused-ring (bicyclic) bond motifs is 1. The van der Waals surface area contributed by atoms with Gasteiger partial charge in [0.2, 0.25) is 5.91 Å². The third-order valence-corrected chi connectivity index (χ3v) is 5.60. The summed E-state index contributed by atoms with van der Waals surface area (Å²) in [6, 6.07) is 8.32. The lowest BCUT2D eigenvalue weighted by atomic mass is 9.93. The Bertz CT molecular complexity index is 851. The van der Waals surface area contributed by atoms with Gasteiger partial charge in [-0.3, -0.25) is 4.79 Å². The van der Waals surface area contributed by atoms with Crippen molar-refractivity contribution < 1.29 is 9.21 Å². The van der Waals surface area contributed by atoms with Crippen LogP contribution in [0.25, 0.3) is 11.1 Å². The number of carbonyl (C=O) groups excluding carboxylic acids is 1. The normalized spacial score (nSPS) is 21.8. The van der Waals surface area contributed by atoms with Gasteiger partial charge in [-0.05, 0) is 37.8 Å². The van der Waals surface area contributed by atoms with E-state index in [0.717, 1.165) is 50.8 Å². The van der Waals surface area contributed by atoms with Crippen LogP contribution in [0.2, 0.25) is 5.02 Å². The Kier molecular flexibility index (Phi) is 4.73. The van der Waals surface area contributed by atoms with E-state index in [1.807, 2.05) is 11.0 Å². The second-order valence-corrected chi connectivity index (χ2v) is 7.56. The number of nitriles is 1. The first-order valence-electron chi connectivity index (χ1n) is 9.13. The molecule has 2 aromatic rings. The molecule has 6 nitrogen and oxygen atoms in total. The average Bonchev–Trinajstić information content (AvgIpc) is 3.10. The molecular weight excluding hydrogens is 352 g/mol. The predicted octanol–water partition coefficient (Wildman–Crippen LogP) is 3.46. The highest BCUT2D eigenvalue weighted by molar-refractivity contribution is 6.31. The summed E-state index contributed by atoms with van der Waals surface area (Å²) in [7, 11) is 0. The molecule has 1 aromatic heterocycles. The van der Waals surface area contributed by atoms with Gasteiger partial charge in [-0.1, -0.05) is 11.6 Å². The number of piperidine rings is 2. The Morgan fingerprint density at radius 3 is 2.85 bits per heavy atom. The van der Waals surface area contributed by atoms with Crippen LogP contribution in [-0.4, -0.2) is 42.0 Å². The Hall–Kier alpha value is -2.26. The van der Waals surface area contributed by atoms with E-state index in [0.29, 0.717) is 23.2 Å². The van der Waals surface area contributed by atoms with Crippen molar-refractivity contribution in [3.63, 3.8) is 0 Å². The fourth-order valence-electron chi connectivity index (χ4n) is 3.88. The summed E-state index contributed by atoms with van der Waals surface area (Å²) >= 11 is 6.00. The molecule has 4 rings (SSSR count). The van der Waals surface area contributed by atoms with E-state index in [9.17, 15) is 4.79 Å². The van der Waals surface area contributed by atoms with E-state index in [-0.39, 0.29) is 17.7 Å². The van der Waals surface area contributed by atoms with Crippen LogP contribution in [0.4, 0.5) is 6.01 Å². The van der Waals surface area contributed by atoms with Gasteiger partial charge in [0, 0.05) is 43.2 Å². The highest BCUT2D eigenvalue weighted by Crippen LogP contribution is 2.29. The maximum absolute atomic E-state index is 12.8. The molecule has 2 saturated heterocycles. The van der Waals surface area contributed by atoms with Crippen LogP contribution in [0, 0.1) is 23.2 Å². The van der Waals surface area contributed by atoms with Crippen LogP contribution in [0.5, 0.6) is 0 Å². The zero-order chi connectivity index (χ0) is 18.1. The Morgan fingerprint density at radius 2 is 2.08 bits per heavy atom. The fraction of sp³-hybridized carbons (Fsp3) is 0.526. The SMILES string of the molecule is N#CC1CCCN(C(=O)C2CCN(c3nc4ccc(Cl)cc4o3)CC2)C1. The molecule has 2 fully saturated rings. The molecule has 0 spiro atoms. The van der Waals surface area contributed by atoms with Gasteiger partial charge in [0.15, 0.2) is 5.58 Å². The summed E-state index contributed by atoms with van der Waals surface area (Å²) in [6.45, 7) is 2.85. The van der Waals surface area contributed by atoms with Crippen molar-refractivity contribution >= 4 is 34.6 Å². The third-order valence-electron chi connectivity index (χ3n) is 5.37.